The Labute approximate surface area is 170 Å². The van der Waals surface area contributed by atoms with Crippen LogP contribution in [0.1, 0.15) is 36.0 Å². The third kappa shape index (κ3) is 4.23. The molecule has 2 aromatic carbocycles. The predicted molar refractivity (Wildman–Crippen MR) is 103 cm³/mol. The average molecular weight is 432 g/mol. The van der Waals surface area contributed by atoms with Gasteiger partial charge in [-0.2, -0.15) is 13.2 Å². The smallest absolute Gasteiger partial charge is 0.417 e. The van der Waals surface area contributed by atoms with Gasteiger partial charge in [-0.1, -0.05) is 29.3 Å². The normalized spacial score (nSPS) is 18.5. The molecule has 3 rings (SSSR count). The Bertz CT molecular complexity index is 902. The zero-order valence-corrected chi connectivity index (χ0v) is 16.5. The van der Waals surface area contributed by atoms with Crippen LogP contribution in [0.5, 0.6) is 0 Å². The van der Waals surface area contributed by atoms with E-state index in [2.05, 4.69) is 10.1 Å². The molecule has 0 aliphatic carbocycles. The van der Waals surface area contributed by atoms with Crippen molar-refractivity contribution in [1.29, 1.82) is 0 Å². The topological polar surface area (TPSA) is 38.3 Å². The van der Waals surface area contributed by atoms with E-state index in [4.69, 9.17) is 23.2 Å². The number of rotatable bonds is 5. The van der Waals surface area contributed by atoms with Crippen molar-refractivity contribution in [3.8, 4) is 0 Å². The largest absolute Gasteiger partial charge is 0.469 e. The highest BCUT2D eigenvalue weighted by Gasteiger charge is 2.41. The van der Waals surface area contributed by atoms with Gasteiger partial charge in [0.05, 0.1) is 23.2 Å². The fraction of sp³-hybridized carbons (Fsp3) is 0.350. The third-order valence-corrected chi connectivity index (χ3v) is 5.53. The molecular weight excluding hydrogens is 414 g/mol. The molecule has 0 spiro atoms. The monoisotopic (exact) mass is 431 g/mol. The maximum absolute atomic E-state index is 13.4. The van der Waals surface area contributed by atoms with E-state index in [0.29, 0.717) is 29.8 Å². The fourth-order valence-corrected chi connectivity index (χ4v) is 4.02. The highest BCUT2D eigenvalue weighted by molar-refractivity contribution is 6.31. The summed E-state index contributed by atoms with van der Waals surface area (Å²) >= 11 is 11.9. The quantitative estimate of drug-likeness (QED) is 0.571. The molecule has 0 saturated heterocycles. The van der Waals surface area contributed by atoms with Crippen LogP contribution in [0.4, 0.5) is 18.9 Å². The van der Waals surface area contributed by atoms with Crippen LogP contribution in [0.3, 0.4) is 0 Å². The van der Waals surface area contributed by atoms with Crippen molar-refractivity contribution in [2.24, 2.45) is 0 Å². The molecule has 3 nitrogen and oxygen atoms in total. The standard InChI is InChI=1S/C20H18Cl2F3NO2/c1-28-18(27)3-2-8-19(11-12-9-14(21)5-7-17(12)26-19)13-4-6-16(22)15(10-13)20(23,24)25/h4-7,9-10,26H,2-3,8,11H2,1H3. The lowest BCUT2D eigenvalue weighted by Crippen LogP contribution is -2.33. The molecule has 0 radical (unpaired) electrons. The summed E-state index contributed by atoms with van der Waals surface area (Å²) in [4.78, 5) is 11.5. The first-order valence-corrected chi connectivity index (χ1v) is 9.41. The molecule has 0 amide bonds. The van der Waals surface area contributed by atoms with Gasteiger partial charge in [0.2, 0.25) is 0 Å². The summed E-state index contributed by atoms with van der Waals surface area (Å²) in [7, 11) is 1.30. The van der Waals surface area contributed by atoms with Gasteiger partial charge in [0.1, 0.15) is 0 Å². The number of anilines is 1. The van der Waals surface area contributed by atoms with E-state index in [1.807, 2.05) is 0 Å². The first-order chi connectivity index (χ1) is 13.1. The molecule has 8 heteroatoms. The fourth-order valence-electron chi connectivity index (χ4n) is 3.60. The SMILES string of the molecule is COC(=O)CCCC1(c2ccc(Cl)c(C(F)(F)F)c2)Cc2cc(Cl)ccc2N1. The summed E-state index contributed by atoms with van der Waals surface area (Å²) in [6.07, 6.45) is -3.05. The molecule has 0 bridgehead atoms. The molecule has 1 atom stereocenters. The van der Waals surface area contributed by atoms with E-state index < -0.39 is 17.3 Å². The van der Waals surface area contributed by atoms with Crippen LogP contribution in [-0.4, -0.2) is 13.1 Å². The summed E-state index contributed by atoms with van der Waals surface area (Å²) in [6.45, 7) is 0. The average Bonchev–Trinajstić information content (AvgIpc) is 2.99. The number of hydrogen-bond acceptors (Lipinski definition) is 3. The Hall–Kier alpha value is -1.92. The number of alkyl halides is 3. The van der Waals surface area contributed by atoms with Crippen molar-refractivity contribution in [2.45, 2.75) is 37.4 Å². The number of carbonyl (C=O) groups excluding carboxylic acids is 1. The maximum atomic E-state index is 13.4. The lowest BCUT2D eigenvalue weighted by atomic mass is 9.82. The van der Waals surface area contributed by atoms with E-state index in [1.165, 1.54) is 13.2 Å². The molecule has 1 N–H and O–H groups in total. The highest BCUT2D eigenvalue weighted by atomic mass is 35.5. The summed E-state index contributed by atoms with van der Waals surface area (Å²) in [5.74, 6) is -0.360. The Kier molecular flexibility index (Phi) is 5.82. The van der Waals surface area contributed by atoms with E-state index in [-0.39, 0.29) is 17.4 Å². The second-order valence-corrected chi connectivity index (χ2v) is 7.65. The minimum Gasteiger partial charge on any atom is -0.469 e. The zero-order valence-electron chi connectivity index (χ0n) is 15.0. The number of hydrogen-bond donors (Lipinski definition) is 1. The van der Waals surface area contributed by atoms with Crippen LogP contribution in [0.15, 0.2) is 36.4 Å². The summed E-state index contributed by atoms with van der Waals surface area (Å²) in [5, 5.41) is 3.57. The molecule has 28 heavy (non-hydrogen) atoms. The van der Waals surface area contributed by atoms with Crippen LogP contribution in [0.2, 0.25) is 10.0 Å². The minimum atomic E-state index is -4.56. The molecule has 150 valence electrons. The number of nitrogens with one attached hydrogen (secondary N) is 1. The van der Waals surface area contributed by atoms with Gasteiger partial charge >= 0.3 is 12.1 Å². The van der Waals surface area contributed by atoms with Crippen molar-refractivity contribution in [3.63, 3.8) is 0 Å². The summed E-state index contributed by atoms with van der Waals surface area (Å²) in [6, 6.07) is 9.27. The maximum Gasteiger partial charge on any atom is 0.417 e. The van der Waals surface area contributed by atoms with Gasteiger partial charge < -0.3 is 10.1 Å². The lowest BCUT2D eigenvalue weighted by molar-refractivity contribution is -0.140. The van der Waals surface area contributed by atoms with Crippen LogP contribution >= 0.6 is 23.2 Å². The molecule has 1 heterocycles. The van der Waals surface area contributed by atoms with Gasteiger partial charge in [-0.3, -0.25) is 4.79 Å². The van der Waals surface area contributed by atoms with Crippen molar-refractivity contribution >= 4 is 34.9 Å². The zero-order chi connectivity index (χ0) is 20.5. The van der Waals surface area contributed by atoms with Crippen molar-refractivity contribution in [1.82, 2.24) is 0 Å². The van der Waals surface area contributed by atoms with Crippen LogP contribution in [-0.2, 0) is 27.7 Å². The molecule has 1 aliphatic heterocycles. The molecule has 0 aromatic heterocycles. The van der Waals surface area contributed by atoms with Crippen molar-refractivity contribution in [2.75, 3.05) is 12.4 Å². The summed E-state index contributed by atoms with van der Waals surface area (Å²) in [5.41, 5.74) is 0.502. The van der Waals surface area contributed by atoms with Gasteiger partial charge in [-0.15, -0.1) is 0 Å². The summed E-state index contributed by atoms with van der Waals surface area (Å²) < 4.78 is 44.8. The number of esters is 1. The number of ether oxygens (including phenoxy) is 1. The first kappa shape index (κ1) is 20.8. The van der Waals surface area contributed by atoms with Crippen molar-refractivity contribution in [3.05, 3.63) is 63.1 Å². The van der Waals surface area contributed by atoms with Crippen LogP contribution in [0.25, 0.3) is 0 Å². The van der Waals surface area contributed by atoms with E-state index in [9.17, 15) is 18.0 Å². The molecule has 2 aromatic rings. The van der Waals surface area contributed by atoms with Crippen molar-refractivity contribution < 1.29 is 22.7 Å². The van der Waals surface area contributed by atoms with Crippen LogP contribution < -0.4 is 5.32 Å². The Morgan fingerprint density at radius 2 is 1.96 bits per heavy atom. The lowest BCUT2D eigenvalue weighted by Gasteiger charge is -2.32. The predicted octanol–water partition coefficient (Wildman–Crippen LogP) is 6.22. The first-order valence-electron chi connectivity index (χ1n) is 8.65. The number of methoxy groups -OCH3 is 1. The van der Waals surface area contributed by atoms with Gasteiger partial charge in [0.15, 0.2) is 0 Å². The Morgan fingerprint density at radius 3 is 2.64 bits per heavy atom. The van der Waals surface area contributed by atoms with E-state index in [1.54, 1.807) is 24.3 Å². The van der Waals surface area contributed by atoms with Gasteiger partial charge in [-0.25, -0.2) is 0 Å². The minimum absolute atomic E-state index is 0.177. The van der Waals surface area contributed by atoms with Crippen LogP contribution in [0, 0.1) is 0 Å². The third-order valence-electron chi connectivity index (χ3n) is 4.97. The molecular formula is C20H18Cl2F3NO2. The molecule has 1 unspecified atom stereocenters. The van der Waals surface area contributed by atoms with Gasteiger partial charge in [-0.05, 0) is 54.3 Å². The molecule has 0 fully saturated rings. The Balaban J connectivity index is 2.00. The molecule has 1 aliphatic rings. The number of carbonyl (C=O) groups is 1. The second-order valence-electron chi connectivity index (χ2n) is 6.81. The molecule has 0 saturated carbocycles. The number of halogens is 5. The number of benzene rings is 2. The second kappa shape index (κ2) is 7.84. The van der Waals surface area contributed by atoms with E-state index in [0.717, 1.165) is 17.3 Å². The Morgan fingerprint density at radius 1 is 1.21 bits per heavy atom. The van der Waals surface area contributed by atoms with Gasteiger partial charge in [0.25, 0.3) is 0 Å². The van der Waals surface area contributed by atoms with E-state index >= 15 is 0 Å². The highest BCUT2D eigenvalue weighted by Crippen LogP contribution is 2.45. The van der Waals surface area contributed by atoms with Gasteiger partial charge in [0, 0.05) is 23.6 Å². The number of fused-ring (bicyclic) bond motifs is 1.